The Morgan fingerprint density at radius 3 is 2.52 bits per heavy atom. The maximum absolute atomic E-state index is 13.0. The van der Waals surface area contributed by atoms with Crippen molar-refractivity contribution in [3.63, 3.8) is 0 Å². The van der Waals surface area contributed by atoms with Crippen LogP contribution in [-0.2, 0) is 4.79 Å². The Bertz CT molecular complexity index is 980. The number of rotatable bonds is 8. The van der Waals surface area contributed by atoms with Crippen LogP contribution < -0.4 is 14.4 Å². The number of amides is 1. The minimum Gasteiger partial charge on any atom is -0.493 e. The van der Waals surface area contributed by atoms with Gasteiger partial charge < -0.3 is 14.4 Å². The van der Waals surface area contributed by atoms with E-state index in [0.717, 1.165) is 22.3 Å². The first-order valence-corrected chi connectivity index (χ1v) is 10.1. The molecule has 7 heteroatoms. The molecule has 2 aromatic carbocycles. The third kappa shape index (κ3) is 5.13. The highest BCUT2D eigenvalue weighted by Gasteiger charge is 2.18. The number of carbonyl (C=O) groups excluding carboxylic acids is 1. The number of thiazole rings is 1. The van der Waals surface area contributed by atoms with Crippen LogP contribution in [0.25, 0.3) is 16.3 Å². The van der Waals surface area contributed by atoms with Crippen LogP contribution in [0.1, 0.15) is 5.56 Å². The molecule has 3 aromatic rings. The van der Waals surface area contributed by atoms with Crippen molar-refractivity contribution in [2.24, 2.45) is 0 Å². The number of methoxy groups -OCH3 is 2. The van der Waals surface area contributed by atoms with Gasteiger partial charge in [-0.25, -0.2) is 4.98 Å². The number of anilines is 1. The number of carbonyl (C=O) groups is 1. The van der Waals surface area contributed by atoms with Crippen molar-refractivity contribution in [1.29, 1.82) is 0 Å². The second kappa shape index (κ2) is 9.54. The van der Waals surface area contributed by atoms with Crippen LogP contribution in [0.15, 0.2) is 48.5 Å². The molecule has 6 nitrogen and oxygen atoms in total. The first kappa shape index (κ1) is 20.8. The van der Waals surface area contributed by atoms with Crippen LogP contribution >= 0.6 is 11.3 Å². The van der Waals surface area contributed by atoms with Crippen LogP contribution in [-0.4, -0.2) is 57.2 Å². The van der Waals surface area contributed by atoms with Gasteiger partial charge in [0.15, 0.2) is 16.6 Å². The molecule has 152 valence electrons. The predicted molar refractivity (Wildman–Crippen MR) is 119 cm³/mol. The summed E-state index contributed by atoms with van der Waals surface area (Å²) in [4.78, 5) is 21.4. The van der Waals surface area contributed by atoms with Gasteiger partial charge in [0.25, 0.3) is 5.91 Å². The molecule has 0 saturated heterocycles. The summed E-state index contributed by atoms with van der Waals surface area (Å²) in [5, 5.41) is 0.704. The zero-order valence-electron chi connectivity index (χ0n) is 17.1. The number of fused-ring (bicyclic) bond motifs is 1. The Kier molecular flexibility index (Phi) is 6.85. The molecule has 0 unspecified atom stereocenters. The molecule has 0 fully saturated rings. The molecule has 29 heavy (non-hydrogen) atoms. The molecule has 0 bridgehead atoms. The topological polar surface area (TPSA) is 54.9 Å². The van der Waals surface area contributed by atoms with E-state index in [-0.39, 0.29) is 5.91 Å². The first-order valence-electron chi connectivity index (χ1n) is 9.23. The molecule has 3 rings (SSSR count). The second-order valence-corrected chi connectivity index (χ2v) is 7.71. The zero-order valence-corrected chi connectivity index (χ0v) is 17.9. The maximum Gasteiger partial charge on any atom is 0.252 e. The minimum absolute atomic E-state index is 0.110. The maximum atomic E-state index is 13.0. The number of likely N-dealkylation sites (N-methyl/N-ethyl adjacent to an activating group) is 1. The van der Waals surface area contributed by atoms with Gasteiger partial charge >= 0.3 is 0 Å². The van der Waals surface area contributed by atoms with Crippen LogP contribution in [0, 0.1) is 0 Å². The van der Waals surface area contributed by atoms with E-state index in [1.165, 1.54) is 11.3 Å². The van der Waals surface area contributed by atoms with E-state index in [9.17, 15) is 4.79 Å². The summed E-state index contributed by atoms with van der Waals surface area (Å²) in [6.07, 6.45) is 3.35. The average Bonchev–Trinajstić information content (AvgIpc) is 3.15. The molecule has 0 aliphatic carbocycles. The molecular formula is C22H25N3O3S. The quantitative estimate of drug-likeness (QED) is 0.526. The number of para-hydroxylation sites is 1. The summed E-state index contributed by atoms with van der Waals surface area (Å²) in [6, 6.07) is 13.5. The van der Waals surface area contributed by atoms with Crippen molar-refractivity contribution in [2.75, 3.05) is 46.3 Å². The standard InChI is InChI=1S/C22H25N3O3S/c1-24(2)13-14-25(22-23-17-7-5-6-8-20(17)29-22)21(26)12-10-16-9-11-18(27-3)19(15-16)28-4/h5-12,15H,13-14H2,1-4H3/b12-10+. The van der Waals surface area contributed by atoms with Gasteiger partial charge in [-0.2, -0.15) is 0 Å². The van der Waals surface area contributed by atoms with Gasteiger partial charge in [-0.1, -0.05) is 29.5 Å². The first-order chi connectivity index (χ1) is 14.0. The van der Waals surface area contributed by atoms with Crippen LogP contribution in [0.3, 0.4) is 0 Å². The minimum atomic E-state index is -0.110. The van der Waals surface area contributed by atoms with Crippen molar-refractivity contribution in [2.45, 2.75) is 0 Å². The molecule has 1 heterocycles. The summed E-state index contributed by atoms with van der Waals surface area (Å²) < 4.78 is 11.7. The normalized spacial score (nSPS) is 11.3. The summed E-state index contributed by atoms with van der Waals surface area (Å²) in [5.74, 6) is 1.16. The highest BCUT2D eigenvalue weighted by atomic mass is 32.1. The Balaban J connectivity index is 1.85. The highest BCUT2D eigenvalue weighted by Crippen LogP contribution is 2.30. The number of nitrogens with zero attached hydrogens (tertiary/aromatic N) is 3. The van der Waals surface area contributed by atoms with E-state index in [0.29, 0.717) is 23.2 Å². The Hall–Kier alpha value is -2.90. The second-order valence-electron chi connectivity index (χ2n) is 6.71. The number of hydrogen-bond donors (Lipinski definition) is 0. The van der Waals surface area contributed by atoms with Gasteiger partial charge in [0.1, 0.15) is 0 Å². The van der Waals surface area contributed by atoms with Crippen LogP contribution in [0.4, 0.5) is 5.13 Å². The van der Waals surface area contributed by atoms with Crippen molar-refractivity contribution in [1.82, 2.24) is 9.88 Å². The van der Waals surface area contributed by atoms with Crippen LogP contribution in [0.5, 0.6) is 11.5 Å². The van der Waals surface area contributed by atoms with Gasteiger partial charge in [0, 0.05) is 19.2 Å². The lowest BCUT2D eigenvalue weighted by atomic mass is 10.2. The van der Waals surface area contributed by atoms with E-state index in [1.807, 2.05) is 61.5 Å². The highest BCUT2D eigenvalue weighted by molar-refractivity contribution is 7.22. The SMILES string of the molecule is COc1ccc(/C=C/C(=O)N(CCN(C)C)c2nc3ccccc3s2)cc1OC. The lowest BCUT2D eigenvalue weighted by Gasteiger charge is -2.20. The Morgan fingerprint density at radius 1 is 1.07 bits per heavy atom. The molecular weight excluding hydrogens is 386 g/mol. The van der Waals surface area contributed by atoms with Gasteiger partial charge in [-0.3, -0.25) is 9.69 Å². The fourth-order valence-corrected chi connectivity index (χ4v) is 3.79. The zero-order chi connectivity index (χ0) is 20.8. The van der Waals surface area contributed by atoms with E-state index >= 15 is 0 Å². The Labute approximate surface area is 175 Å². The molecule has 0 saturated carbocycles. The molecule has 0 aliphatic heterocycles. The number of benzene rings is 2. The summed E-state index contributed by atoms with van der Waals surface area (Å²) in [6.45, 7) is 1.30. The molecule has 0 N–H and O–H groups in total. The van der Waals surface area contributed by atoms with Gasteiger partial charge in [-0.05, 0) is 50.0 Å². The smallest absolute Gasteiger partial charge is 0.252 e. The van der Waals surface area contributed by atoms with Crippen molar-refractivity contribution >= 4 is 38.7 Å². The lowest BCUT2D eigenvalue weighted by molar-refractivity contribution is -0.114. The predicted octanol–water partition coefficient (Wildman–Crippen LogP) is 3.92. The average molecular weight is 412 g/mol. The summed E-state index contributed by atoms with van der Waals surface area (Å²) in [5.41, 5.74) is 1.76. The largest absolute Gasteiger partial charge is 0.493 e. The summed E-state index contributed by atoms with van der Waals surface area (Å²) in [7, 11) is 7.16. The summed E-state index contributed by atoms with van der Waals surface area (Å²) >= 11 is 1.52. The number of ether oxygens (including phenoxy) is 2. The third-order valence-corrected chi connectivity index (χ3v) is 5.44. The van der Waals surface area contributed by atoms with Gasteiger partial charge in [0.05, 0.1) is 24.4 Å². The van der Waals surface area contributed by atoms with Crippen LogP contribution in [0.2, 0.25) is 0 Å². The molecule has 0 atom stereocenters. The molecule has 1 amide bonds. The molecule has 0 spiro atoms. The van der Waals surface area contributed by atoms with Crippen molar-refractivity contribution in [3.8, 4) is 11.5 Å². The fraction of sp³-hybridized carbons (Fsp3) is 0.273. The van der Waals surface area contributed by atoms with Gasteiger partial charge in [-0.15, -0.1) is 0 Å². The number of hydrogen-bond acceptors (Lipinski definition) is 6. The number of aromatic nitrogens is 1. The molecule has 0 aliphatic rings. The lowest BCUT2D eigenvalue weighted by Crippen LogP contribution is -2.35. The van der Waals surface area contributed by atoms with Crippen molar-refractivity contribution < 1.29 is 14.3 Å². The van der Waals surface area contributed by atoms with E-state index in [1.54, 1.807) is 31.3 Å². The molecule has 1 aromatic heterocycles. The Morgan fingerprint density at radius 2 is 1.83 bits per heavy atom. The fourth-order valence-electron chi connectivity index (χ4n) is 2.79. The van der Waals surface area contributed by atoms with Gasteiger partial charge in [0.2, 0.25) is 0 Å². The monoisotopic (exact) mass is 411 g/mol. The van der Waals surface area contributed by atoms with E-state index in [4.69, 9.17) is 9.47 Å². The van der Waals surface area contributed by atoms with Crippen molar-refractivity contribution in [3.05, 3.63) is 54.1 Å². The van der Waals surface area contributed by atoms with E-state index < -0.39 is 0 Å². The third-order valence-electron chi connectivity index (χ3n) is 4.38. The van der Waals surface area contributed by atoms with E-state index in [2.05, 4.69) is 4.98 Å². The molecule has 0 radical (unpaired) electrons.